The molecular formula is C11H17NO3S2. The zero-order chi connectivity index (χ0) is 13.1. The Morgan fingerprint density at radius 1 is 1.41 bits per heavy atom. The Morgan fingerprint density at radius 2 is 2.06 bits per heavy atom. The zero-order valence-corrected chi connectivity index (χ0v) is 11.8. The van der Waals surface area contributed by atoms with Crippen molar-refractivity contribution >= 4 is 27.1 Å². The van der Waals surface area contributed by atoms with Crippen LogP contribution in [-0.4, -0.2) is 25.6 Å². The number of thiophene rings is 1. The lowest BCUT2D eigenvalue weighted by atomic mass is 10.1. The minimum Gasteiger partial charge on any atom is -0.351 e. The molecule has 0 saturated carbocycles. The molecule has 17 heavy (non-hydrogen) atoms. The molecule has 96 valence electrons. The van der Waals surface area contributed by atoms with Crippen LogP contribution in [0.25, 0.3) is 0 Å². The average Bonchev–Trinajstić information content (AvgIpc) is 2.65. The van der Waals surface area contributed by atoms with Gasteiger partial charge in [0, 0.05) is 12.0 Å². The third-order valence-corrected chi connectivity index (χ3v) is 5.12. The molecule has 0 aliphatic carbocycles. The van der Waals surface area contributed by atoms with Gasteiger partial charge in [0.05, 0.1) is 5.75 Å². The molecule has 0 saturated heterocycles. The number of rotatable bonds is 4. The van der Waals surface area contributed by atoms with Gasteiger partial charge in [-0.1, -0.05) is 6.07 Å². The molecular weight excluding hydrogens is 258 g/mol. The summed E-state index contributed by atoms with van der Waals surface area (Å²) in [6.07, 6.45) is -0.00248. The van der Waals surface area contributed by atoms with E-state index in [2.05, 4.69) is 5.32 Å². The Morgan fingerprint density at radius 3 is 2.53 bits per heavy atom. The van der Waals surface area contributed by atoms with Crippen LogP contribution >= 0.6 is 11.3 Å². The number of carbonyl (C=O) groups is 1. The fourth-order valence-electron chi connectivity index (χ4n) is 1.25. The Labute approximate surface area is 106 Å². The van der Waals surface area contributed by atoms with Crippen LogP contribution in [0.2, 0.25) is 0 Å². The van der Waals surface area contributed by atoms with Crippen molar-refractivity contribution in [1.29, 1.82) is 0 Å². The van der Waals surface area contributed by atoms with E-state index in [1.165, 1.54) is 11.3 Å². The largest absolute Gasteiger partial charge is 0.351 e. The van der Waals surface area contributed by atoms with Gasteiger partial charge in [0.15, 0.2) is 9.84 Å². The first kappa shape index (κ1) is 14.2. The van der Waals surface area contributed by atoms with Crippen LogP contribution in [0.15, 0.2) is 21.7 Å². The molecule has 0 bridgehead atoms. The van der Waals surface area contributed by atoms with Crippen molar-refractivity contribution in [3.8, 4) is 0 Å². The van der Waals surface area contributed by atoms with Crippen molar-refractivity contribution < 1.29 is 13.2 Å². The normalized spacial score (nSPS) is 12.4. The van der Waals surface area contributed by atoms with E-state index < -0.39 is 9.84 Å². The SMILES string of the molecule is CC(C)(C)NC(=O)CCS(=O)(=O)c1cccs1. The number of hydrogen-bond acceptors (Lipinski definition) is 4. The second-order valence-electron chi connectivity index (χ2n) is 4.80. The Kier molecular flexibility index (Phi) is 4.32. The van der Waals surface area contributed by atoms with Gasteiger partial charge in [-0.05, 0) is 32.2 Å². The smallest absolute Gasteiger partial charge is 0.221 e. The molecule has 4 nitrogen and oxygen atoms in total. The predicted octanol–water partition coefficient (Wildman–Crippen LogP) is 1.83. The molecule has 1 aromatic heterocycles. The lowest BCUT2D eigenvalue weighted by Gasteiger charge is -2.20. The maximum Gasteiger partial charge on any atom is 0.221 e. The van der Waals surface area contributed by atoms with Crippen LogP contribution in [0.5, 0.6) is 0 Å². The van der Waals surface area contributed by atoms with Crippen LogP contribution in [0, 0.1) is 0 Å². The van der Waals surface area contributed by atoms with E-state index in [9.17, 15) is 13.2 Å². The van der Waals surface area contributed by atoms with Gasteiger partial charge in [0.25, 0.3) is 0 Å². The number of sulfone groups is 1. The molecule has 1 N–H and O–H groups in total. The van der Waals surface area contributed by atoms with Crippen LogP contribution in [0.4, 0.5) is 0 Å². The molecule has 0 aliphatic heterocycles. The summed E-state index contributed by atoms with van der Waals surface area (Å²) in [5, 5.41) is 4.45. The van der Waals surface area contributed by atoms with Crippen molar-refractivity contribution in [2.75, 3.05) is 5.75 Å². The second kappa shape index (κ2) is 5.18. The summed E-state index contributed by atoms with van der Waals surface area (Å²) in [5.41, 5.74) is -0.330. The Hall–Kier alpha value is -0.880. The monoisotopic (exact) mass is 275 g/mol. The van der Waals surface area contributed by atoms with Crippen LogP contribution in [0.3, 0.4) is 0 Å². The summed E-state index contributed by atoms with van der Waals surface area (Å²) >= 11 is 1.18. The first-order chi connectivity index (χ1) is 7.71. The highest BCUT2D eigenvalue weighted by Crippen LogP contribution is 2.18. The number of carbonyl (C=O) groups excluding carboxylic acids is 1. The third-order valence-electron chi connectivity index (χ3n) is 1.91. The summed E-state index contributed by atoms with van der Waals surface area (Å²) in [4.78, 5) is 11.5. The number of amides is 1. The fourth-order valence-corrected chi connectivity index (χ4v) is 3.64. The molecule has 6 heteroatoms. The van der Waals surface area contributed by atoms with Gasteiger partial charge in [-0.25, -0.2) is 8.42 Å². The highest BCUT2D eigenvalue weighted by Gasteiger charge is 2.19. The van der Waals surface area contributed by atoms with Crippen molar-refractivity contribution in [3.05, 3.63) is 17.5 Å². The van der Waals surface area contributed by atoms with Crippen LogP contribution in [-0.2, 0) is 14.6 Å². The maximum atomic E-state index is 11.8. The molecule has 0 spiro atoms. The summed E-state index contributed by atoms with van der Waals surface area (Å²) in [6, 6.07) is 3.24. The Bertz CT molecular complexity index is 469. The van der Waals surface area contributed by atoms with Gasteiger partial charge >= 0.3 is 0 Å². The third kappa shape index (κ3) is 4.87. The first-order valence-electron chi connectivity index (χ1n) is 5.28. The van der Waals surface area contributed by atoms with E-state index in [4.69, 9.17) is 0 Å². The molecule has 1 rings (SSSR count). The lowest BCUT2D eigenvalue weighted by Crippen LogP contribution is -2.41. The molecule has 0 fully saturated rings. The highest BCUT2D eigenvalue weighted by atomic mass is 32.2. The summed E-state index contributed by atoms with van der Waals surface area (Å²) in [6.45, 7) is 5.58. The number of nitrogens with one attached hydrogen (secondary N) is 1. The van der Waals surface area contributed by atoms with Crippen LogP contribution < -0.4 is 5.32 Å². The zero-order valence-electron chi connectivity index (χ0n) is 10.2. The molecule has 0 unspecified atom stereocenters. The van der Waals surface area contributed by atoms with Crippen molar-refractivity contribution in [3.63, 3.8) is 0 Å². The lowest BCUT2D eigenvalue weighted by molar-refractivity contribution is -0.122. The summed E-state index contributed by atoms with van der Waals surface area (Å²) in [5.74, 6) is -0.382. The van der Waals surface area contributed by atoms with E-state index in [0.717, 1.165) is 0 Å². The van der Waals surface area contributed by atoms with Gasteiger partial charge in [-0.3, -0.25) is 4.79 Å². The fraction of sp³-hybridized carbons (Fsp3) is 0.545. The van der Waals surface area contributed by atoms with E-state index in [1.807, 2.05) is 20.8 Å². The molecule has 0 aliphatic rings. The van der Waals surface area contributed by atoms with Gasteiger partial charge in [-0.15, -0.1) is 11.3 Å². The molecule has 0 atom stereocenters. The van der Waals surface area contributed by atoms with E-state index >= 15 is 0 Å². The van der Waals surface area contributed by atoms with Crippen molar-refractivity contribution in [2.45, 2.75) is 36.9 Å². The number of hydrogen-bond donors (Lipinski definition) is 1. The molecule has 1 amide bonds. The van der Waals surface area contributed by atoms with Gasteiger partial charge in [0.2, 0.25) is 5.91 Å². The quantitative estimate of drug-likeness (QED) is 0.911. The van der Waals surface area contributed by atoms with Gasteiger partial charge in [0.1, 0.15) is 4.21 Å². The minimum absolute atomic E-state index is 0.00248. The molecule has 1 aromatic rings. The Balaban J connectivity index is 2.55. The van der Waals surface area contributed by atoms with E-state index in [1.54, 1.807) is 17.5 Å². The van der Waals surface area contributed by atoms with Crippen molar-refractivity contribution in [2.24, 2.45) is 0 Å². The molecule has 0 aromatic carbocycles. The molecule has 0 radical (unpaired) electrons. The molecule has 1 heterocycles. The van der Waals surface area contributed by atoms with Gasteiger partial charge in [-0.2, -0.15) is 0 Å². The van der Waals surface area contributed by atoms with Crippen molar-refractivity contribution in [1.82, 2.24) is 5.32 Å². The van der Waals surface area contributed by atoms with E-state index in [-0.39, 0.29) is 23.6 Å². The second-order valence-corrected chi connectivity index (χ2v) is 8.08. The average molecular weight is 275 g/mol. The predicted molar refractivity (Wildman–Crippen MR) is 68.9 cm³/mol. The van der Waals surface area contributed by atoms with Crippen LogP contribution in [0.1, 0.15) is 27.2 Å². The first-order valence-corrected chi connectivity index (χ1v) is 7.81. The maximum absolute atomic E-state index is 11.8. The topological polar surface area (TPSA) is 63.2 Å². The summed E-state index contributed by atoms with van der Waals surface area (Å²) < 4.78 is 23.9. The highest BCUT2D eigenvalue weighted by molar-refractivity contribution is 7.93. The minimum atomic E-state index is -3.31. The summed E-state index contributed by atoms with van der Waals surface area (Å²) in [7, 11) is -3.31. The van der Waals surface area contributed by atoms with E-state index in [0.29, 0.717) is 4.21 Å². The van der Waals surface area contributed by atoms with Gasteiger partial charge < -0.3 is 5.32 Å². The standard InChI is InChI=1S/C11H17NO3S2/c1-11(2,3)12-9(13)6-8-17(14,15)10-5-4-7-16-10/h4-5,7H,6,8H2,1-3H3,(H,12,13).